The molecule has 0 saturated heterocycles. The van der Waals surface area contributed by atoms with E-state index in [1.165, 1.54) is 11.8 Å². The minimum absolute atomic E-state index is 0.197. The van der Waals surface area contributed by atoms with E-state index in [1.54, 1.807) is 33.2 Å². The first-order valence-corrected chi connectivity index (χ1v) is 8.95. The zero-order chi connectivity index (χ0) is 18.8. The highest BCUT2D eigenvalue weighted by atomic mass is 32.2. The monoisotopic (exact) mass is 379 g/mol. The van der Waals surface area contributed by atoms with Gasteiger partial charge in [-0.15, -0.1) is 0 Å². The van der Waals surface area contributed by atoms with E-state index in [0.717, 1.165) is 22.5 Å². The number of aryl methyl sites for hydroxylation is 2. The van der Waals surface area contributed by atoms with Crippen LogP contribution >= 0.6 is 11.8 Å². The van der Waals surface area contributed by atoms with Gasteiger partial charge in [0, 0.05) is 23.6 Å². The number of aromatic nitrogens is 3. The Morgan fingerprint density at radius 3 is 2.65 bits per heavy atom. The van der Waals surface area contributed by atoms with Crippen molar-refractivity contribution in [3.05, 3.63) is 40.7 Å². The van der Waals surface area contributed by atoms with Crippen LogP contribution in [0.1, 0.15) is 22.4 Å². The molecule has 2 aromatic heterocycles. The Bertz CT molecular complexity index is 944. The number of nitrogens with zero attached hydrogens (tertiary/aromatic N) is 2. The summed E-state index contributed by atoms with van der Waals surface area (Å²) in [5, 5.41) is 0.699. The molecule has 138 valence electrons. The van der Waals surface area contributed by atoms with E-state index in [2.05, 4.69) is 15.0 Å². The predicted molar refractivity (Wildman–Crippen MR) is 97.3 cm³/mol. The summed E-state index contributed by atoms with van der Waals surface area (Å²) < 4.78 is 35.3. The summed E-state index contributed by atoms with van der Waals surface area (Å²) in [6.07, 6.45) is 1.69. The largest absolute Gasteiger partial charge is 0.497 e. The van der Waals surface area contributed by atoms with Crippen LogP contribution in [0.2, 0.25) is 0 Å². The molecule has 0 amide bonds. The van der Waals surface area contributed by atoms with Crippen LogP contribution in [0.25, 0.3) is 11.0 Å². The van der Waals surface area contributed by atoms with Crippen molar-refractivity contribution < 1.29 is 18.3 Å². The number of nitrogens with one attached hydrogen (secondary N) is 1. The van der Waals surface area contributed by atoms with Gasteiger partial charge in [-0.2, -0.15) is 8.78 Å². The summed E-state index contributed by atoms with van der Waals surface area (Å²) in [5.74, 6) is 1.55. The Morgan fingerprint density at radius 2 is 1.96 bits per heavy atom. The normalized spacial score (nSPS) is 11.3. The molecular formula is C18H19F2N3O2S. The number of benzene rings is 1. The third kappa shape index (κ3) is 3.60. The van der Waals surface area contributed by atoms with Crippen molar-refractivity contribution in [2.75, 3.05) is 7.11 Å². The number of ether oxygens (including phenoxy) is 2. The molecule has 0 bridgehead atoms. The van der Waals surface area contributed by atoms with Crippen molar-refractivity contribution in [3.63, 3.8) is 0 Å². The maximum Gasteiger partial charge on any atom is 0.387 e. The number of methoxy groups -OCH3 is 1. The molecule has 8 heteroatoms. The van der Waals surface area contributed by atoms with Gasteiger partial charge in [0.2, 0.25) is 0 Å². The minimum atomic E-state index is -2.86. The lowest BCUT2D eigenvalue weighted by atomic mass is 10.0. The summed E-state index contributed by atoms with van der Waals surface area (Å²) in [7, 11) is 1.61. The molecule has 0 spiro atoms. The van der Waals surface area contributed by atoms with E-state index in [-0.39, 0.29) is 5.75 Å². The summed E-state index contributed by atoms with van der Waals surface area (Å²) in [5.41, 5.74) is 4.48. The molecule has 0 fully saturated rings. The summed E-state index contributed by atoms with van der Waals surface area (Å²) in [4.78, 5) is 12.1. The molecule has 2 heterocycles. The topological polar surface area (TPSA) is 60.0 Å². The maximum atomic E-state index is 12.7. The fourth-order valence-electron chi connectivity index (χ4n) is 2.78. The fraction of sp³-hybridized carbons (Fsp3) is 0.333. The van der Waals surface area contributed by atoms with Gasteiger partial charge in [0.15, 0.2) is 5.16 Å². The van der Waals surface area contributed by atoms with Crippen molar-refractivity contribution in [2.45, 2.75) is 38.3 Å². The highest BCUT2D eigenvalue weighted by Crippen LogP contribution is 2.36. The molecule has 3 rings (SSSR count). The Morgan fingerprint density at radius 1 is 1.19 bits per heavy atom. The van der Waals surface area contributed by atoms with Gasteiger partial charge in [0.1, 0.15) is 11.5 Å². The van der Waals surface area contributed by atoms with Crippen LogP contribution in [0.4, 0.5) is 8.78 Å². The molecule has 5 nitrogen and oxygen atoms in total. The lowest BCUT2D eigenvalue weighted by Crippen LogP contribution is -2.06. The molecule has 3 aromatic rings. The molecule has 26 heavy (non-hydrogen) atoms. The predicted octanol–water partition coefficient (Wildman–Crippen LogP) is 4.79. The van der Waals surface area contributed by atoms with Gasteiger partial charge in [-0.3, -0.25) is 4.98 Å². The summed E-state index contributed by atoms with van der Waals surface area (Å²) >= 11 is 1.49. The number of fused-ring (bicyclic) bond motifs is 1. The van der Waals surface area contributed by atoms with E-state index >= 15 is 0 Å². The number of halogens is 2. The van der Waals surface area contributed by atoms with E-state index in [9.17, 15) is 8.78 Å². The standard InChI is InChI=1S/C18H19F2N3O2S/c1-9-10(2)16(25-17(19)20)11(3)15-14(9)22-18(23-15)26-8-12-7-13(24-4)5-6-21-12/h5-7,17H,8H2,1-4H3,(H,22,23). The molecule has 0 saturated carbocycles. The van der Waals surface area contributed by atoms with E-state index in [1.807, 2.05) is 13.0 Å². The Balaban J connectivity index is 1.91. The molecule has 0 radical (unpaired) electrons. The highest BCUT2D eigenvalue weighted by molar-refractivity contribution is 7.98. The lowest BCUT2D eigenvalue weighted by Gasteiger charge is -2.14. The quantitative estimate of drug-likeness (QED) is 0.624. The van der Waals surface area contributed by atoms with Gasteiger partial charge < -0.3 is 14.5 Å². The van der Waals surface area contributed by atoms with Gasteiger partial charge in [0.05, 0.1) is 23.8 Å². The number of alkyl halides is 2. The second-order valence-electron chi connectivity index (χ2n) is 5.82. The Labute approximate surface area is 154 Å². The fourth-order valence-corrected chi connectivity index (χ4v) is 3.55. The van der Waals surface area contributed by atoms with Crippen LogP contribution < -0.4 is 9.47 Å². The number of imidazole rings is 1. The van der Waals surface area contributed by atoms with Crippen LogP contribution in [0.3, 0.4) is 0 Å². The third-order valence-corrected chi connectivity index (χ3v) is 5.15. The number of H-pyrrole nitrogens is 1. The average Bonchev–Trinajstić information content (AvgIpc) is 3.06. The number of rotatable bonds is 6. The van der Waals surface area contributed by atoms with Crippen LogP contribution in [0.15, 0.2) is 23.5 Å². The minimum Gasteiger partial charge on any atom is -0.497 e. The molecule has 1 aromatic carbocycles. The molecule has 0 unspecified atom stereocenters. The van der Waals surface area contributed by atoms with Crippen molar-refractivity contribution in [3.8, 4) is 11.5 Å². The lowest BCUT2D eigenvalue weighted by molar-refractivity contribution is -0.0506. The molecule has 0 aliphatic heterocycles. The number of pyridine rings is 1. The van der Waals surface area contributed by atoms with Gasteiger partial charge in [-0.05, 0) is 38.0 Å². The number of hydrogen-bond donors (Lipinski definition) is 1. The van der Waals surface area contributed by atoms with Crippen LogP contribution in [0.5, 0.6) is 11.5 Å². The van der Waals surface area contributed by atoms with Crippen LogP contribution in [-0.2, 0) is 5.75 Å². The van der Waals surface area contributed by atoms with E-state index in [0.29, 0.717) is 27.6 Å². The Kier molecular flexibility index (Phi) is 5.31. The molecular weight excluding hydrogens is 360 g/mol. The second kappa shape index (κ2) is 7.49. The first kappa shape index (κ1) is 18.4. The van der Waals surface area contributed by atoms with Gasteiger partial charge in [0.25, 0.3) is 0 Å². The van der Waals surface area contributed by atoms with Crippen molar-refractivity contribution in [1.29, 1.82) is 0 Å². The second-order valence-corrected chi connectivity index (χ2v) is 6.79. The Hall–Kier alpha value is -2.35. The molecule has 0 atom stereocenters. The molecule has 0 aliphatic carbocycles. The van der Waals surface area contributed by atoms with Gasteiger partial charge >= 0.3 is 6.61 Å². The number of aromatic amines is 1. The maximum absolute atomic E-state index is 12.7. The number of thioether (sulfide) groups is 1. The number of hydrogen-bond acceptors (Lipinski definition) is 5. The smallest absolute Gasteiger partial charge is 0.387 e. The first-order chi connectivity index (χ1) is 12.4. The van der Waals surface area contributed by atoms with Crippen molar-refractivity contribution in [2.24, 2.45) is 0 Å². The van der Waals surface area contributed by atoms with Gasteiger partial charge in [-0.25, -0.2) is 4.98 Å². The van der Waals surface area contributed by atoms with Crippen molar-refractivity contribution >= 4 is 22.8 Å². The van der Waals surface area contributed by atoms with Crippen molar-refractivity contribution in [1.82, 2.24) is 15.0 Å². The van der Waals surface area contributed by atoms with Crippen LogP contribution in [0, 0.1) is 20.8 Å². The summed E-state index contributed by atoms with van der Waals surface area (Å²) in [6, 6.07) is 3.65. The zero-order valence-electron chi connectivity index (χ0n) is 14.9. The molecule has 1 N–H and O–H groups in total. The van der Waals surface area contributed by atoms with Gasteiger partial charge in [-0.1, -0.05) is 11.8 Å². The SMILES string of the molecule is COc1ccnc(CSc2nc3c(C)c(OC(F)F)c(C)c(C)c3[nH]2)c1. The zero-order valence-corrected chi connectivity index (χ0v) is 15.7. The molecule has 0 aliphatic rings. The highest BCUT2D eigenvalue weighted by Gasteiger charge is 2.19. The first-order valence-electron chi connectivity index (χ1n) is 7.96. The van der Waals surface area contributed by atoms with E-state index in [4.69, 9.17) is 9.47 Å². The summed E-state index contributed by atoms with van der Waals surface area (Å²) in [6.45, 7) is 2.51. The average molecular weight is 379 g/mol. The van der Waals surface area contributed by atoms with E-state index < -0.39 is 6.61 Å². The third-order valence-electron chi connectivity index (χ3n) is 4.24. The van der Waals surface area contributed by atoms with Crippen LogP contribution in [-0.4, -0.2) is 28.7 Å².